The van der Waals surface area contributed by atoms with Gasteiger partial charge in [0.05, 0.1) is 17.5 Å². The quantitative estimate of drug-likeness (QED) is 0.262. The van der Waals surface area contributed by atoms with Gasteiger partial charge in [0.1, 0.15) is 23.5 Å². The van der Waals surface area contributed by atoms with Gasteiger partial charge in [-0.25, -0.2) is 14.6 Å². The zero-order chi connectivity index (χ0) is 31.3. The summed E-state index contributed by atoms with van der Waals surface area (Å²) >= 11 is 0. The van der Waals surface area contributed by atoms with Gasteiger partial charge in [0.25, 0.3) is 5.91 Å². The number of likely N-dealkylation sites (N-methyl/N-ethyl adjacent to an activating group) is 1. The summed E-state index contributed by atoms with van der Waals surface area (Å²) in [7, 11) is 4.07. The molecule has 4 heterocycles. The number of aryl methyl sites for hydroxylation is 1. The average molecular weight is 608 g/mol. The molecular weight excluding hydrogens is 566 g/mol. The lowest BCUT2D eigenvalue weighted by molar-refractivity contribution is 0.0613. The second-order valence-corrected chi connectivity index (χ2v) is 12.9. The van der Waals surface area contributed by atoms with Gasteiger partial charge >= 0.3 is 0 Å². The van der Waals surface area contributed by atoms with Gasteiger partial charge in [-0.3, -0.25) is 9.69 Å². The summed E-state index contributed by atoms with van der Waals surface area (Å²) in [5.41, 5.74) is 11.1. The van der Waals surface area contributed by atoms with Crippen molar-refractivity contribution < 1.29 is 9.90 Å². The number of aromatic nitrogens is 5. The largest absolute Gasteiger partial charge is 0.392 e. The van der Waals surface area contributed by atoms with Gasteiger partial charge in [0.15, 0.2) is 5.65 Å². The van der Waals surface area contributed by atoms with Crippen LogP contribution < -0.4 is 11.1 Å². The third-order valence-electron chi connectivity index (χ3n) is 10.1. The van der Waals surface area contributed by atoms with E-state index in [1.165, 1.54) is 6.33 Å². The molecule has 45 heavy (non-hydrogen) atoms. The Morgan fingerprint density at radius 1 is 1.04 bits per heavy atom. The molecule has 2 aromatic carbocycles. The van der Waals surface area contributed by atoms with Crippen LogP contribution in [-0.2, 0) is 19.2 Å². The predicted molar refractivity (Wildman–Crippen MR) is 177 cm³/mol. The number of hydrogen-bond donors (Lipinski definition) is 3. The van der Waals surface area contributed by atoms with Gasteiger partial charge < -0.3 is 25.6 Å². The molecule has 5 aromatic rings. The second kappa shape index (κ2) is 11.6. The molecule has 0 spiro atoms. The van der Waals surface area contributed by atoms with Gasteiger partial charge in [0, 0.05) is 67.0 Å². The Bertz CT molecular complexity index is 1880. The molecule has 3 aromatic heterocycles. The summed E-state index contributed by atoms with van der Waals surface area (Å²) in [4.78, 5) is 27.4. The molecule has 0 unspecified atom stereocenters. The molecule has 0 atom stereocenters. The van der Waals surface area contributed by atoms with Gasteiger partial charge in [-0.05, 0) is 63.9 Å². The molecular formula is C34H41N9O2. The van der Waals surface area contributed by atoms with Gasteiger partial charge in [0.2, 0.25) is 0 Å². The van der Waals surface area contributed by atoms with Crippen molar-refractivity contribution in [2.75, 3.05) is 44.3 Å². The highest BCUT2D eigenvalue weighted by Gasteiger charge is 2.38. The molecule has 11 heteroatoms. The van der Waals surface area contributed by atoms with Crippen molar-refractivity contribution in [1.82, 2.24) is 34.1 Å². The number of carbonyl (C=O) groups is 1. The number of piperazine rings is 1. The maximum Gasteiger partial charge on any atom is 0.272 e. The van der Waals surface area contributed by atoms with E-state index in [0.29, 0.717) is 39.9 Å². The van der Waals surface area contributed by atoms with E-state index in [4.69, 9.17) is 10.8 Å². The van der Waals surface area contributed by atoms with Crippen LogP contribution in [0.25, 0.3) is 33.2 Å². The van der Waals surface area contributed by atoms with Crippen molar-refractivity contribution in [1.29, 1.82) is 0 Å². The van der Waals surface area contributed by atoms with Crippen LogP contribution in [0.4, 0.5) is 11.5 Å². The highest BCUT2D eigenvalue weighted by atomic mass is 16.3. The number of hydrogen-bond acceptors (Lipinski definition) is 8. The van der Waals surface area contributed by atoms with E-state index in [2.05, 4.69) is 43.7 Å². The Hall–Kier alpha value is -4.32. The van der Waals surface area contributed by atoms with E-state index in [0.717, 1.165) is 74.0 Å². The van der Waals surface area contributed by atoms with Crippen molar-refractivity contribution >= 4 is 39.3 Å². The van der Waals surface area contributed by atoms with E-state index in [9.17, 15) is 9.90 Å². The Balaban J connectivity index is 1.18. The van der Waals surface area contributed by atoms with Crippen LogP contribution in [0.1, 0.15) is 48.7 Å². The second-order valence-electron chi connectivity index (χ2n) is 12.9. The number of benzene rings is 2. The summed E-state index contributed by atoms with van der Waals surface area (Å²) in [6.45, 7) is 6.52. The Labute approximate surface area is 262 Å². The fraction of sp³-hybridized carbons (Fsp3) is 0.412. The van der Waals surface area contributed by atoms with Gasteiger partial charge in [-0.1, -0.05) is 24.3 Å². The summed E-state index contributed by atoms with van der Waals surface area (Å²) in [5, 5.41) is 20.2. The smallest absolute Gasteiger partial charge is 0.272 e. The first-order valence-corrected chi connectivity index (χ1v) is 15.8. The zero-order valence-corrected chi connectivity index (χ0v) is 26.2. The number of nitrogens with two attached hydrogens (primary N) is 1. The van der Waals surface area contributed by atoms with E-state index in [-0.39, 0.29) is 18.1 Å². The van der Waals surface area contributed by atoms with E-state index in [1.807, 2.05) is 60.1 Å². The summed E-state index contributed by atoms with van der Waals surface area (Å²) < 4.78 is 3.93. The number of rotatable bonds is 6. The predicted octanol–water partition coefficient (Wildman–Crippen LogP) is 4.22. The third kappa shape index (κ3) is 5.24. The first kappa shape index (κ1) is 29.4. The number of nitrogen functional groups attached to an aromatic ring is 1. The Morgan fingerprint density at radius 2 is 1.80 bits per heavy atom. The first-order valence-electron chi connectivity index (χ1n) is 15.8. The monoisotopic (exact) mass is 607 g/mol. The molecule has 234 valence electrons. The number of para-hydroxylation sites is 1. The molecule has 0 radical (unpaired) electrons. The van der Waals surface area contributed by atoms with Crippen LogP contribution in [0.3, 0.4) is 0 Å². The fourth-order valence-corrected chi connectivity index (χ4v) is 7.23. The number of nitrogens with one attached hydrogen (secondary N) is 1. The minimum Gasteiger partial charge on any atom is -0.392 e. The van der Waals surface area contributed by atoms with Crippen LogP contribution in [-0.4, -0.2) is 84.4 Å². The molecule has 1 aliphatic heterocycles. The molecule has 7 rings (SSSR count). The van der Waals surface area contributed by atoms with E-state index < -0.39 is 0 Å². The number of aliphatic hydroxyl groups excluding tert-OH is 1. The van der Waals surface area contributed by atoms with Crippen LogP contribution >= 0.6 is 0 Å². The fourth-order valence-electron chi connectivity index (χ4n) is 7.23. The minimum atomic E-state index is -0.255. The lowest BCUT2D eigenvalue weighted by Gasteiger charge is -2.44. The number of aliphatic hydroxyl groups is 1. The average Bonchev–Trinajstić information content (AvgIpc) is 3.62. The number of nitrogens with zero attached hydrogens (tertiary/aromatic N) is 7. The topological polar surface area (TPSA) is 130 Å². The normalized spacial score (nSPS) is 21.5. The van der Waals surface area contributed by atoms with Crippen molar-refractivity contribution in [3.05, 3.63) is 66.1 Å². The molecule has 2 fully saturated rings. The molecule has 1 saturated carbocycles. The molecule has 4 N–H and O–H groups in total. The molecule has 1 aliphatic carbocycles. The molecule has 2 aliphatic rings. The first-order chi connectivity index (χ1) is 21.8. The Kier molecular flexibility index (Phi) is 7.55. The highest BCUT2D eigenvalue weighted by Crippen LogP contribution is 2.41. The maximum absolute atomic E-state index is 13.3. The molecule has 1 saturated heterocycles. The highest BCUT2D eigenvalue weighted by molar-refractivity contribution is 6.07. The van der Waals surface area contributed by atoms with Gasteiger partial charge in [-0.15, -0.1) is 0 Å². The molecule has 1 amide bonds. The number of carbonyl (C=O) groups excluding carboxylic acids is 1. The van der Waals surface area contributed by atoms with Crippen molar-refractivity contribution in [3.8, 4) is 11.3 Å². The number of fused-ring (bicyclic) bond motifs is 2. The third-order valence-corrected chi connectivity index (χ3v) is 10.1. The summed E-state index contributed by atoms with van der Waals surface area (Å²) in [6.07, 6.45) is 5.70. The van der Waals surface area contributed by atoms with Crippen LogP contribution in [0.2, 0.25) is 0 Å². The summed E-state index contributed by atoms with van der Waals surface area (Å²) in [6, 6.07) is 15.9. The SMILES string of the molecule is CN1CCN(C2CCC(C)(n3nc(-c4ccc(NC(=O)c5cc6ccccc6n5C)c(CO)c4)c4c(N)ncnc43)CC2)CC1. The van der Waals surface area contributed by atoms with Crippen LogP contribution in [0.15, 0.2) is 54.9 Å². The van der Waals surface area contributed by atoms with E-state index in [1.54, 1.807) is 0 Å². The number of amides is 1. The summed E-state index contributed by atoms with van der Waals surface area (Å²) in [5.74, 6) is 0.123. The molecule has 0 bridgehead atoms. The Morgan fingerprint density at radius 3 is 2.53 bits per heavy atom. The standard InChI is InChI=1S/C34H41N9O2/c1-34(12-10-25(11-13-34)42-16-14-40(2)15-17-42)43-32-29(31(35)36-21-37-32)30(39-43)23-8-9-26(24(18-23)20-44)38-33(45)28-19-22-6-4-5-7-27(22)41(28)3/h4-9,18-19,21,25,44H,10-17,20H2,1-3H3,(H,38,45)(H2,35,36,37). The molecule has 11 nitrogen and oxygen atoms in total. The lowest BCUT2D eigenvalue weighted by atomic mass is 9.80. The van der Waals surface area contributed by atoms with Crippen LogP contribution in [0.5, 0.6) is 0 Å². The lowest BCUT2D eigenvalue weighted by Crippen LogP contribution is -2.51. The van der Waals surface area contributed by atoms with Gasteiger partial charge in [-0.2, -0.15) is 5.10 Å². The van der Waals surface area contributed by atoms with Crippen molar-refractivity contribution in [3.63, 3.8) is 0 Å². The van der Waals surface area contributed by atoms with Crippen molar-refractivity contribution in [2.24, 2.45) is 7.05 Å². The number of anilines is 2. The maximum atomic E-state index is 13.3. The minimum absolute atomic E-state index is 0.216. The van der Waals surface area contributed by atoms with Crippen LogP contribution in [0, 0.1) is 0 Å². The van der Waals surface area contributed by atoms with E-state index >= 15 is 0 Å². The van der Waals surface area contributed by atoms with Crippen molar-refractivity contribution in [2.45, 2.75) is 50.8 Å². The zero-order valence-electron chi connectivity index (χ0n) is 26.2.